The SMILES string of the molecule is COc1ccc(OCC2CCCNC2)c(Cl)c1. The number of hydrogen-bond donors (Lipinski definition) is 1. The zero-order valence-corrected chi connectivity index (χ0v) is 10.8. The van der Waals surface area contributed by atoms with Crippen molar-refractivity contribution in [2.24, 2.45) is 5.92 Å². The van der Waals surface area contributed by atoms with Crippen molar-refractivity contribution in [2.45, 2.75) is 12.8 Å². The lowest BCUT2D eigenvalue weighted by Gasteiger charge is -2.23. The summed E-state index contributed by atoms with van der Waals surface area (Å²) in [4.78, 5) is 0. The van der Waals surface area contributed by atoms with E-state index < -0.39 is 0 Å². The molecule has 1 atom stereocenters. The number of piperidine rings is 1. The highest BCUT2D eigenvalue weighted by molar-refractivity contribution is 6.32. The Labute approximate surface area is 107 Å². The summed E-state index contributed by atoms with van der Waals surface area (Å²) in [6.45, 7) is 2.88. The lowest BCUT2D eigenvalue weighted by atomic mass is 10.0. The average molecular weight is 256 g/mol. The molecular weight excluding hydrogens is 238 g/mol. The van der Waals surface area contributed by atoms with Crippen LogP contribution in [0.4, 0.5) is 0 Å². The van der Waals surface area contributed by atoms with Crippen LogP contribution in [0.1, 0.15) is 12.8 Å². The third kappa shape index (κ3) is 3.51. The molecule has 0 saturated carbocycles. The molecule has 1 aliphatic rings. The molecule has 1 heterocycles. The Morgan fingerprint density at radius 3 is 3.00 bits per heavy atom. The molecule has 0 spiro atoms. The van der Waals surface area contributed by atoms with E-state index in [0.29, 0.717) is 10.9 Å². The molecule has 0 bridgehead atoms. The van der Waals surface area contributed by atoms with Crippen LogP contribution in [0.5, 0.6) is 11.5 Å². The maximum absolute atomic E-state index is 6.11. The number of rotatable bonds is 4. The van der Waals surface area contributed by atoms with E-state index in [1.807, 2.05) is 12.1 Å². The number of ether oxygens (including phenoxy) is 2. The molecule has 0 aliphatic carbocycles. The Hall–Kier alpha value is -0.930. The van der Waals surface area contributed by atoms with E-state index >= 15 is 0 Å². The quantitative estimate of drug-likeness (QED) is 0.898. The van der Waals surface area contributed by atoms with Gasteiger partial charge in [-0.2, -0.15) is 0 Å². The third-order valence-corrected chi connectivity index (χ3v) is 3.31. The van der Waals surface area contributed by atoms with Crippen LogP contribution < -0.4 is 14.8 Å². The van der Waals surface area contributed by atoms with Gasteiger partial charge in [-0.05, 0) is 31.5 Å². The van der Waals surface area contributed by atoms with Gasteiger partial charge in [0, 0.05) is 18.5 Å². The minimum absolute atomic E-state index is 0.585. The standard InChI is InChI=1S/C13H18ClNO2/c1-16-11-4-5-13(12(14)7-11)17-9-10-3-2-6-15-8-10/h4-5,7,10,15H,2-3,6,8-9H2,1H3. The van der Waals surface area contributed by atoms with Gasteiger partial charge in [0.15, 0.2) is 0 Å². The largest absolute Gasteiger partial charge is 0.497 e. The van der Waals surface area contributed by atoms with Gasteiger partial charge in [-0.3, -0.25) is 0 Å². The zero-order chi connectivity index (χ0) is 12.1. The highest BCUT2D eigenvalue weighted by atomic mass is 35.5. The fourth-order valence-electron chi connectivity index (χ4n) is 2.00. The van der Waals surface area contributed by atoms with E-state index in [4.69, 9.17) is 21.1 Å². The lowest BCUT2D eigenvalue weighted by molar-refractivity contribution is 0.218. The Morgan fingerprint density at radius 1 is 1.47 bits per heavy atom. The minimum Gasteiger partial charge on any atom is -0.497 e. The van der Waals surface area contributed by atoms with Crippen molar-refractivity contribution < 1.29 is 9.47 Å². The smallest absolute Gasteiger partial charge is 0.138 e. The summed E-state index contributed by atoms with van der Waals surface area (Å²) in [5.74, 6) is 2.07. The molecule has 1 saturated heterocycles. The van der Waals surface area contributed by atoms with Crippen LogP contribution >= 0.6 is 11.6 Å². The number of hydrogen-bond acceptors (Lipinski definition) is 3. The molecule has 0 aromatic heterocycles. The van der Waals surface area contributed by atoms with Gasteiger partial charge in [0.05, 0.1) is 18.7 Å². The molecule has 2 rings (SSSR count). The second-order valence-corrected chi connectivity index (χ2v) is 4.73. The number of halogens is 1. The van der Waals surface area contributed by atoms with Crippen LogP contribution in [0.25, 0.3) is 0 Å². The molecular formula is C13H18ClNO2. The lowest BCUT2D eigenvalue weighted by Crippen LogP contribution is -2.33. The third-order valence-electron chi connectivity index (χ3n) is 3.01. The Bertz CT molecular complexity index is 364. The zero-order valence-electron chi connectivity index (χ0n) is 10.0. The molecule has 17 heavy (non-hydrogen) atoms. The molecule has 94 valence electrons. The molecule has 1 aromatic carbocycles. The van der Waals surface area contributed by atoms with Crippen molar-refractivity contribution in [3.05, 3.63) is 23.2 Å². The Balaban J connectivity index is 1.89. The number of nitrogens with one attached hydrogen (secondary N) is 1. The topological polar surface area (TPSA) is 30.5 Å². The van der Waals surface area contributed by atoms with E-state index in [1.54, 1.807) is 13.2 Å². The van der Waals surface area contributed by atoms with Crippen LogP contribution in [0.2, 0.25) is 5.02 Å². The predicted octanol–water partition coefficient (Wildman–Crippen LogP) is 2.73. The summed E-state index contributed by atoms with van der Waals surface area (Å²) in [7, 11) is 1.62. The van der Waals surface area contributed by atoms with Crippen LogP contribution in [-0.2, 0) is 0 Å². The Kier molecular flexibility index (Phi) is 4.51. The van der Waals surface area contributed by atoms with E-state index in [-0.39, 0.29) is 0 Å². The normalized spacial score (nSPS) is 20.0. The van der Waals surface area contributed by atoms with Crippen molar-refractivity contribution in [1.82, 2.24) is 5.32 Å². The fourth-order valence-corrected chi connectivity index (χ4v) is 2.22. The first-order valence-electron chi connectivity index (χ1n) is 5.96. The average Bonchev–Trinajstić information content (AvgIpc) is 2.38. The summed E-state index contributed by atoms with van der Waals surface area (Å²) in [6, 6.07) is 5.49. The maximum atomic E-state index is 6.11. The van der Waals surface area contributed by atoms with Crippen molar-refractivity contribution in [2.75, 3.05) is 26.8 Å². The second-order valence-electron chi connectivity index (χ2n) is 4.32. The summed E-state index contributed by atoms with van der Waals surface area (Å²) < 4.78 is 10.8. The van der Waals surface area contributed by atoms with Crippen LogP contribution in [0, 0.1) is 5.92 Å². The van der Waals surface area contributed by atoms with Gasteiger partial charge < -0.3 is 14.8 Å². The summed E-state index contributed by atoms with van der Waals surface area (Å²) >= 11 is 6.11. The molecule has 1 fully saturated rings. The van der Waals surface area contributed by atoms with E-state index in [0.717, 1.165) is 31.2 Å². The van der Waals surface area contributed by atoms with Crippen LogP contribution in [-0.4, -0.2) is 26.8 Å². The van der Waals surface area contributed by atoms with Gasteiger partial charge in [0.1, 0.15) is 11.5 Å². The second kappa shape index (κ2) is 6.12. The Morgan fingerprint density at radius 2 is 2.35 bits per heavy atom. The molecule has 4 heteroatoms. The van der Waals surface area contributed by atoms with Crippen molar-refractivity contribution in [3.63, 3.8) is 0 Å². The van der Waals surface area contributed by atoms with Gasteiger partial charge in [-0.25, -0.2) is 0 Å². The summed E-state index contributed by atoms with van der Waals surface area (Å²) in [5.41, 5.74) is 0. The fraction of sp³-hybridized carbons (Fsp3) is 0.538. The maximum Gasteiger partial charge on any atom is 0.138 e. The molecule has 0 radical (unpaired) electrons. The highest BCUT2D eigenvalue weighted by Crippen LogP contribution is 2.29. The van der Waals surface area contributed by atoms with Crippen molar-refractivity contribution in [3.8, 4) is 11.5 Å². The number of benzene rings is 1. The van der Waals surface area contributed by atoms with Gasteiger partial charge in [0.25, 0.3) is 0 Å². The van der Waals surface area contributed by atoms with Gasteiger partial charge >= 0.3 is 0 Å². The van der Waals surface area contributed by atoms with E-state index in [2.05, 4.69) is 5.32 Å². The van der Waals surface area contributed by atoms with Crippen molar-refractivity contribution in [1.29, 1.82) is 0 Å². The minimum atomic E-state index is 0.585. The monoisotopic (exact) mass is 255 g/mol. The molecule has 1 unspecified atom stereocenters. The van der Waals surface area contributed by atoms with Gasteiger partial charge in [-0.15, -0.1) is 0 Å². The van der Waals surface area contributed by atoms with Crippen molar-refractivity contribution >= 4 is 11.6 Å². The predicted molar refractivity (Wildman–Crippen MR) is 69.1 cm³/mol. The van der Waals surface area contributed by atoms with Crippen LogP contribution in [0.3, 0.4) is 0 Å². The molecule has 3 nitrogen and oxygen atoms in total. The molecule has 1 aliphatic heterocycles. The van der Waals surface area contributed by atoms with E-state index in [9.17, 15) is 0 Å². The highest BCUT2D eigenvalue weighted by Gasteiger charge is 2.14. The molecule has 1 N–H and O–H groups in total. The summed E-state index contributed by atoms with van der Waals surface area (Å²) in [5, 5.41) is 3.98. The first-order valence-corrected chi connectivity index (χ1v) is 6.34. The first-order chi connectivity index (χ1) is 8.29. The first kappa shape index (κ1) is 12.5. The summed E-state index contributed by atoms with van der Waals surface area (Å²) in [6.07, 6.45) is 2.45. The van der Waals surface area contributed by atoms with E-state index in [1.165, 1.54) is 12.8 Å². The van der Waals surface area contributed by atoms with Crippen LogP contribution in [0.15, 0.2) is 18.2 Å². The number of methoxy groups -OCH3 is 1. The molecule has 0 amide bonds. The molecule has 1 aromatic rings. The van der Waals surface area contributed by atoms with Gasteiger partial charge in [-0.1, -0.05) is 11.6 Å². The van der Waals surface area contributed by atoms with Gasteiger partial charge in [0.2, 0.25) is 0 Å².